The Morgan fingerprint density at radius 3 is 2.75 bits per heavy atom. The van der Waals surface area contributed by atoms with Gasteiger partial charge in [-0.05, 0) is 37.3 Å². The molecule has 0 spiro atoms. The third kappa shape index (κ3) is 4.17. The zero-order valence-electron chi connectivity index (χ0n) is 16.2. The summed E-state index contributed by atoms with van der Waals surface area (Å²) in [6.45, 7) is 4.59. The lowest BCUT2D eigenvalue weighted by Gasteiger charge is -2.32. The zero-order chi connectivity index (χ0) is 19.3. The van der Waals surface area contributed by atoms with Gasteiger partial charge in [0.1, 0.15) is 17.0 Å². The SMILES string of the molecule is CCc1cc2c(N3CCC(C(=O)NCCc4ccccc4)CC3)ncnc2s1. The molecule has 1 N–H and O–H groups in total. The van der Waals surface area contributed by atoms with E-state index in [-0.39, 0.29) is 11.8 Å². The van der Waals surface area contributed by atoms with Crippen molar-refractivity contribution in [3.05, 3.63) is 53.2 Å². The number of aryl methyl sites for hydroxylation is 1. The van der Waals surface area contributed by atoms with Gasteiger partial charge in [-0.25, -0.2) is 9.97 Å². The average Bonchev–Trinajstić information content (AvgIpc) is 3.18. The third-order valence-corrected chi connectivity index (χ3v) is 6.62. The molecule has 0 atom stereocenters. The van der Waals surface area contributed by atoms with Crippen LogP contribution in [0.4, 0.5) is 5.82 Å². The fourth-order valence-corrected chi connectivity index (χ4v) is 4.72. The van der Waals surface area contributed by atoms with Crippen LogP contribution in [0.1, 0.15) is 30.2 Å². The maximum absolute atomic E-state index is 12.5. The summed E-state index contributed by atoms with van der Waals surface area (Å²) in [5.41, 5.74) is 1.26. The summed E-state index contributed by atoms with van der Waals surface area (Å²) < 4.78 is 0. The molecule has 6 heteroatoms. The average molecular weight is 395 g/mol. The number of amides is 1. The third-order valence-electron chi connectivity index (χ3n) is 5.43. The van der Waals surface area contributed by atoms with Crippen LogP contribution in [-0.4, -0.2) is 35.5 Å². The topological polar surface area (TPSA) is 58.1 Å². The van der Waals surface area contributed by atoms with Gasteiger partial charge in [-0.2, -0.15) is 0 Å². The fourth-order valence-electron chi connectivity index (χ4n) is 3.79. The quantitative estimate of drug-likeness (QED) is 0.690. The number of fused-ring (bicyclic) bond motifs is 1. The van der Waals surface area contributed by atoms with Crippen molar-refractivity contribution in [3.8, 4) is 0 Å². The van der Waals surface area contributed by atoms with E-state index in [1.54, 1.807) is 17.7 Å². The van der Waals surface area contributed by atoms with Gasteiger partial charge >= 0.3 is 0 Å². The first-order valence-electron chi connectivity index (χ1n) is 10.0. The maximum Gasteiger partial charge on any atom is 0.223 e. The molecule has 1 aliphatic heterocycles. The van der Waals surface area contributed by atoms with Gasteiger partial charge < -0.3 is 10.2 Å². The molecular weight excluding hydrogens is 368 g/mol. The smallest absolute Gasteiger partial charge is 0.223 e. The van der Waals surface area contributed by atoms with Crippen LogP contribution in [0.5, 0.6) is 0 Å². The Balaban J connectivity index is 1.32. The number of hydrogen-bond acceptors (Lipinski definition) is 5. The molecule has 0 aliphatic carbocycles. The second-order valence-corrected chi connectivity index (χ2v) is 8.39. The normalized spacial score (nSPS) is 15.1. The number of benzene rings is 1. The minimum Gasteiger partial charge on any atom is -0.356 e. The van der Waals surface area contributed by atoms with Crippen LogP contribution in [0.15, 0.2) is 42.7 Å². The van der Waals surface area contributed by atoms with E-state index in [1.807, 2.05) is 18.2 Å². The number of piperidine rings is 1. The molecule has 2 aromatic heterocycles. The molecule has 1 saturated heterocycles. The summed E-state index contributed by atoms with van der Waals surface area (Å²) in [6.07, 6.45) is 5.30. The highest BCUT2D eigenvalue weighted by Gasteiger charge is 2.26. The summed E-state index contributed by atoms with van der Waals surface area (Å²) in [4.78, 5) is 26.2. The number of hydrogen-bond donors (Lipinski definition) is 1. The van der Waals surface area contributed by atoms with E-state index < -0.39 is 0 Å². The Bertz CT molecular complexity index is 932. The standard InChI is InChI=1S/C22H26N4OS/c1-2-18-14-19-20(24-15-25-22(19)28-18)26-12-9-17(10-13-26)21(27)23-11-8-16-6-4-3-5-7-16/h3-7,14-15,17H,2,8-13H2,1H3,(H,23,27). The largest absolute Gasteiger partial charge is 0.356 e. The first kappa shape index (κ1) is 18.9. The highest BCUT2D eigenvalue weighted by atomic mass is 32.1. The summed E-state index contributed by atoms with van der Waals surface area (Å²) in [7, 11) is 0. The van der Waals surface area contributed by atoms with Gasteiger partial charge in [0.25, 0.3) is 0 Å². The number of carbonyl (C=O) groups is 1. The van der Waals surface area contributed by atoms with E-state index in [9.17, 15) is 4.79 Å². The van der Waals surface area contributed by atoms with Crippen molar-refractivity contribution in [1.82, 2.24) is 15.3 Å². The molecule has 4 rings (SSSR count). The van der Waals surface area contributed by atoms with E-state index in [1.165, 1.54) is 10.4 Å². The van der Waals surface area contributed by atoms with Gasteiger partial charge in [-0.15, -0.1) is 11.3 Å². The van der Waals surface area contributed by atoms with Gasteiger partial charge in [0, 0.05) is 30.4 Å². The Labute approximate surface area is 169 Å². The minimum absolute atomic E-state index is 0.0954. The molecule has 1 aromatic carbocycles. The number of thiophene rings is 1. The molecule has 0 radical (unpaired) electrons. The summed E-state index contributed by atoms with van der Waals surface area (Å²) in [6, 6.07) is 12.5. The molecule has 1 fully saturated rings. The highest BCUT2D eigenvalue weighted by Crippen LogP contribution is 2.32. The fraction of sp³-hybridized carbons (Fsp3) is 0.409. The number of aromatic nitrogens is 2. The second-order valence-electron chi connectivity index (χ2n) is 7.27. The second kappa shape index (κ2) is 8.69. The van der Waals surface area contributed by atoms with Crippen LogP contribution in [0.25, 0.3) is 10.2 Å². The van der Waals surface area contributed by atoms with E-state index in [0.29, 0.717) is 6.54 Å². The summed E-state index contributed by atoms with van der Waals surface area (Å²) >= 11 is 1.75. The van der Waals surface area contributed by atoms with Crippen LogP contribution in [0.2, 0.25) is 0 Å². The molecule has 0 unspecified atom stereocenters. The first-order valence-corrected chi connectivity index (χ1v) is 10.9. The molecular formula is C22H26N4OS. The Hall–Kier alpha value is -2.47. The predicted octanol–water partition coefficient (Wildman–Crippen LogP) is 3.83. The molecule has 3 aromatic rings. The van der Waals surface area contributed by atoms with Crippen LogP contribution >= 0.6 is 11.3 Å². The number of nitrogens with zero attached hydrogens (tertiary/aromatic N) is 3. The van der Waals surface area contributed by atoms with Gasteiger partial charge in [-0.1, -0.05) is 37.3 Å². The summed E-state index contributed by atoms with van der Waals surface area (Å²) in [5.74, 6) is 1.30. The summed E-state index contributed by atoms with van der Waals surface area (Å²) in [5, 5.41) is 4.26. The highest BCUT2D eigenvalue weighted by molar-refractivity contribution is 7.18. The molecule has 28 heavy (non-hydrogen) atoms. The van der Waals surface area contributed by atoms with Crippen molar-refractivity contribution in [2.75, 3.05) is 24.5 Å². The molecule has 5 nitrogen and oxygen atoms in total. The lowest BCUT2D eigenvalue weighted by molar-refractivity contribution is -0.125. The van der Waals surface area contributed by atoms with Crippen LogP contribution in [0, 0.1) is 5.92 Å². The molecule has 1 amide bonds. The first-order chi connectivity index (χ1) is 13.7. The van der Waals surface area contributed by atoms with Gasteiger partial charge in [0.05, 0.1) is 5.39 Å². The lowest BCUT2D eigenvalue weighted by Crippen LogP contribution is -2.41. The lowest BCUT2D eigenvalue weighted by atomic mass is 9.95. The molecule has 0 saturated carbocycles. The van der Waals surface area contributed by atoms with Gasteiger partial charge in [0.2, 0.25) is 5.91 Å². The predicted molar refractivity (Wildman–Crippen MR) is 115 cm³/mol. The Kier molecular flexibility index (Phi) is 5.86. The van der Waals surface area contributed by atoms with E-state index in [0.717, 1.165) is 54.8 Å². The Morgan fingerprint density at radius 2 is 2.00 bits per heavy atom. The van der Waals surface area contributed by atoms with Crippen molar-refractivity contribution in [3.63, 3.8) is 0 Å². The molecule has 0 bridgehead atoms. The van der Waals surface area contributed by atoms with Crippen molar-refractivity contribution in [2.45, 2.75) is 32.6 Å². The van der Waals surface area contributed by atoms with Crippen molar-refractivity contribution in [2.24, 2.45) is 5.92 Å². The number of nitrogens with one attached hydrogen (secondary N) is 1. The van der Waals surface area contributed by atoms with Gasteiger partial charge in [0.15, 0.2) is 0 Å². The van der Waals surface area contributed by atoms with Crippen LogP contribution in [0.3, 0.4) is 0 Å². The maximum atomic E-state index is 12.5. The molecule has 146 valence electrons. The van der Waals surface area contributed by atoms with Crippen molar-refractivity contribution >= 4 is 33.3 Å². The minimum atomic E-state index is 0.0954. The van der Waals surface area contributed by atoms with E-state index in [2.05, 4.69) is 45.3 Å². The number of carbonyl (C=O) groups excluding carboxylic acids is 1. The van der Waals surface area contributed by atoms with Crippen LogP contribution in [-0.2, 0) is 17.6 Å². The number of anilines is 1. The molecule has 3 heterocycles. The monoisotopic (exact) mass is 394 g/mol. The van der Waals surface area contributed by atoms with Crippen molar-refractivity contribution < 1.29 is 4.79 Å². The molecule has 1 aliphatic rings. The van der Waals surface area contributed by atoms with Crippen molar-refractivity contribution in [1.29, 1.82) is 0 Å². The Morgan fingerprint density at radius 1 is 1.21 bits per heavy atom. The van der Waals surface area contributed by atoms with E-state index in [4.69, 9.17) is 0 Å². The number of rotatable bonds is 6. The zero-order valence-corrected chi connectivity index (χ0v) is 17.0. The van der Waals surface area contributed by atoms with E-state index >= 15 is 0 Å². The van der Waals surface area contributed by atoms with Gasteiger partial charge in [-0.3, -0.25) is 4.79 Å². The van der Waals surface area contributed by atoms with Crippen LogP contribution < -0.4 is 10.2 Å².